The van der Waals surface area contributed by atoms with Crippen LogP contribution in [0.25, 0.3) is 10.7 Å². The zero-order valence-corrected chi connectivity index (χ0v) is 15.2. The van der Waals surface area contributed by atoms with Crippen LogP contribution in [0.15, 0.2) is 48.8 Å². The van der Waals surface area contributed by atoms with Crippen molar-refractivity contribution in [3.8, 4) is 10.7 Å². The van der Waals surface area contributed by atoms with E-state index in [1.165, 1.54) is 11.3 Å². The molecule has 0 aliphatic heterocycles. The monoisotopic (exact) mass is 368 g/mol. The van der Waals surface area contributed by atoms with E-state index < -0.39 is 0 Å². The molecular weight excluding hydrogens is 348 g/mol. The maximum atomic E-state index is 12.5. The minimum atomic E-state index is -0.178. The van der Waals surface area contributed by atoms with Crippen LogP contribution in [0, 0.1) is 0 Å². The summed E-state index contributed by atoms with van der Waals surface area (Å²) in [5.74, 6) is 0.331. The first-order chi connectivity index (χ1) is 12.7. The summed E-state index contributed by atoms with van der Waals surface area (Å²) in [7, 11) is 1.75. The number of nitrogens with one attached hydrogen (secondary N) is 2. The molecule has 0 radical (unpaired) electrons. The van der Waals surface area contributed by atoms with Gasteiger partial charge in [-0.3, -0.25) is 4.79 Å². The minimum Gasteiger partial charge on any atom is -0.357 e. The van der Waals surface area contributed by atoms with Crippen molar-refractivity contribution < 1.29 is 4.79 Å². The molecular formula is C18H20N6OS. The maximum Gasteiger partial charge on any atom is 0.263 e. The van der Waals surface area contributed by atoms with Crippen molar-refractivity contribution in [2.75, 3.05) is 18.9 Å². The first kappa shape index (κ1) is 18.0. The zero-order valence-electron chi connectivity index (χ0n) is 14.3. The summed E-state index contributed by atoms with van der Waals surface area (Å²) in [5, 5.41) is 6.53. The number of thiazole rings is 1. The van der Waals surface area contributed by atoms with Gasteiger partial charge in [0.1, 0.15) is 15.6 Å². The van der Waals surface area contributed by atoms with Gasteiger partial charge in [0.25, 0.3) is 5.91 Å². The number of carbonyl (C=O) groups excluding carboxylic acids is 1. The third-order valence-electron chi connectivity index (χ3n) is 3.77. The molecule has 1 amide bonds. The molecule has 7 nitrogen and oxygen atoms in total. The number of rotatable bonds is 7. The first-order valence-electron chi connectivity index (χ1n) is 8.21. The van der Waals surface area contributed by atoms with E-state index in [9.17, 15) is 4.79 Å². The summed E-state index contributed by atoms with van der Waals surface area (Å²) >= 11 is 1.29. The van der Waals surface area contributed by atoms with E-state index in [0.717, 1.165) is 5.56 Å². The van der Waals surface area contributed by atoms with E-state index in [1.807, 2.05) is 30.3 Å². The molecule has 134 valence electrons. The van der Waals surface area contributed by atoms with Crippen molar-refractivity contribution in [3.63, 3.8) is 0 Å². The highest BCUT2D eigenvalue weighted by molar-refractivity contribution is 7.16. The van der Waals surface area contributed by atoms with Crippen LogP contribution in [0.3, 0.4) is 0 Å². The van der Waals surface area contributed by atoms with Crippen molar-refractivity contribution >= 4 is 23.2 Å². The molecule has 0 aliphatic rings. The molecule has 1 unspecified atom stereocenters. The third kappa shape index (κ3) is 4.41. The lowest BCUT2D eigenvalue weighted by molar-refractivity contribution is 0.0942. The molecule has 0 fully saturated rings. The Balaban J connectivity index is 1.69. The molecule has 3 rings (SSSR count). The van der Waals surface area contributed by atoms with E-state index in [1.54, 1.807) is 25.5 Å². The number of nitrogens with zero attached hydrogens (tertiary/aromatic N) is 3. The van der Waals surface area contributed by atoms with Crippen molar-refractivity contribution in [3.05, 3.63) is 59.2 Å². The number of aromatic nitrogens is 3. The van der Waals surface area contributed by atoms with Crippen molar-refractivity contribution in [2.24, 2.45) is 5.73 Å². The van der Waals surface area contributed by atoms with Gasteiger partial charge in [-0.25, -0.2) is 15.0 Å². The Morgan fingerprint density at radius 1 is 1.23 bits per heavy atom. The van der Waals surface area contributed by atoms with Gasteiger partial charge in [0.15, 0.2) is 0 Å². The van der Waals surface area contributed by atoms with Crippen LogP contribution in [0.4, 0.5) is 5.95 Å². The van der Waals surface area contributed by atoms with Gasteiger partial charge in [-0.15, -0.1) is 11.3 Å². The average Bonchev–Trinajstić information content (AvgIpc) is 3.18. The molecule has 0 aliphatic carbocycles. The molecule has 3 aromatic rings. The van der Waals surface area contributed by atoms with Crippen molar-refractivity contribution in [2.45, 2.75) is 12.5 Å². The van der Waals surface area contributed by atoms with Gasteiger partial charge >= 0.3 is 0 Å². The Hall–Kier alpha value is -2.84. The molecule has 1 atom stereocenters. The summed E-state index contributed by atoms with van der Waals surface area (Å²) in [6.07, 6.45) is 3.90. The van der Waals surface area contributed by atoms with Gasteiger partial charge in [-0.1, -0.05) is 30.3 Å². The maximum absolute atomic E-state index is 12.5. The largest absolute Gasteiger partial charge is 0.357 e. The zero-order chi connectivity index (χ0) is 18.4. The fraction of sp³-hybridized carbons (Fsp3) is 0.222. The molecule has 26 heavy (non-hydrogen) atoms. The Labute approximate surface area is 155 Å². The lowest BCUT2D eigenvalue weighted by Gasteiger charge is -2.16. The highest BCUT2D eigenvalue weighted by Gasteiger charge is 2.17. The van der Waals surface area contributed by atoms with Crippen LogP contribution in [-0.4, -0.2) is 40.5 Å². The Morgan fingerprint density at radius 2 is 2.04 bits per heavy atom. The second-order valence-corrected chi connectivity index (χ2v) is 6.67. The van der Waals surface area contributed by atoms with E-state index in [0.29, 0.717) is 34.5 Å². The summed E-state index contributed by atoms with van der Waals surface area (Å²) in [4.78, 5) is 25.8. The van der Waals surface area contributed by atoms with Crippen LogP contribution in [0.1, 0.15) is 15.2 Å². The summed E-state index contributed by atoms with van der Waals surface area (Å²) in [5.41, 5.74) is 7.63. The molecule has 0 spiro atoms. The number of nitrogens with two attached hydrogens (primary N) is 1. The Kier molecular flexibility index (Phi) is 5.88. The quantitative estimate of drug-likeness (QED) is 0.588. The molecule has 2 aromatic heterocycles. The van der Waals surface area contributed by atoms with Gasteiger partial charge in [0, 0.05) is 25.8 Å². The van der Waals surface area contributed by atoms with E-state index in [-0.39, 0.29) is 11.9 Å². The molecule has 1 aromatic carbocycles. The number of hydrogen-bond donors (Lipinski definition) is 3. The number of benzene rings is 1. The topological polar surface area (TPSA) is 106 Å². The predicted octanol–water partition coefficient (Wildman–Crippen LogP) is 1.94. The van der Waals surface area contributed by atoms with Crippen molar-refractivity contribution in [1.82, 2.24) is 20.3 Å². The fourth-order valence-corrected chi connectivity index (χ4v) is 3.23. The highest BCUT2D eigenvalue weighted by Crippen LogP contribution is 2.24. The normalized spacial score (nSPS) is 11.8. The third-order valence-corrected chi connectivity index (χ3v) is 4.79. The average molecular weight is 368 g/mol. The fourth-order valence-electron chi connectivity index (χ4n) is 2.44. The SMILES string of the molecule is CNc1nccc(-c2ncc(C(=O)NC(CN)Cc3ccccc3)s2)n1. The second-order valence-electron chi connectivity index (χ2n) is 5.64. The number of anilines is 1. The smallest absolute Gasteiger partial charge is 0.263 e. The molecule has 0 bridgehead atoms. The minimum absolute atomic E-state index is 0.134. The molecule has 8 heteroatoms. The second kappa shape index (κ2) is 8.50. The van der Waals surface area contributed by atoms with Gasteiger partial charge < -0.3 is 16.4 Å². The predicted molar refractivity (Wildman–Crippen MR) is 103 cm³/mol. The standard InChI is InChI=1S/C18H20N6OS/c1-20-18-21-8-7-14(24-18)17-22-11-15(26-17)16(25)23-13(10-19)9-12-5-3-2-4-6-12/h2-8,11,13H,9-10,19H2,1H3,(H,23,25)(H,20,21,24). The molecule has 0 saturated heterocycles. The number of amides is 1. The number of carbonyl (C=O) groups is 1. The molecule has 2 heterocycles. The first-order valence-corrected chi connectivity index (χ1v) is 9.03. The Morgan fingerprint density at radius 3 is 2.77 bits per heavy atom. The van der Waals surface area contributed by atoms with Crippen LogP contribution in [0.2, 0.25) is 0 Å². The van der Waals surface area contributed by atoms with Gasteiger partial charge in [-0.2, -0.15) is 0 Å². The lowest BCUT2D eigenvalue weighted by atomic mass is 10.1. The highest BCUT2D eigenvalue weighted by atomic mass is 32.1. The van der Waals surface area contributed by atoms with Crippen LogP contribution in [-0.2, 0) is 6.42 Å². The van der Waals surface area contributed by atoms with Crippen LogP contribution >= 0.6 is 11.3 Å². The van der Waals surface area contributed by atoms with E-state index >= 15 is 0 Å². The summed E-state index contributed by atoms with van der Waals surface area (Å²) in [6, 6.07) is 11.6. The lowest BCUT2D eigenvalue weighted by Crippen LogP contribution is -2.41. The molecule has 4 N–H and O–H groups in total. The van der Waals surface area contributed by atoms with Crippen LogP contribution in [0.5, 0.6) is 0 Å². The van der Waals surface area contributed by atoms with E-state index in [4.69, 9.17) is 5.73 Å². The van der Waals surface area contributed by atoms with E-state index in [2.05, 4.69) is 25.6 Å². The van der Waals surface area contributed by atoms with Gasteiger partial charge in [0.05, 0.1) is 6.20 Å². The summed E-state index contributed by atoms with van der Waals surface area (Å²) in [6.45, 7) is 0.365. The van der Waals surface area contributed by atoms with Gasteiger partial charge in [-0.05, 0) is 18.1 Å². The Bertz CT molecular complexity index is 867. The van der Waals surface area contributed by atoms with Gasteiger partial charge in [0.2, 0.25) is 5.95 Å². The van der Waals surface area contributed by atoms with Crippen molar-refractivity contribution in [1.29, 1.82) is 0 Å². The molecule has 0 saturated carbocycles. The van der Waals surface area contributed by atoms with Crippen LogP contribution < -0.4 is 16.4 Å². The summed E-state index contributed by atoms with van der Waals surface area (Å²) < 4.78 is 0. The number of hydrogen-bond acceptors (Lipinski definition) is 7.